The molecule has 0 N–H and O–H groups in total. The van der Waals surface area contributed by atoms with Gasteiger partial charge in [0, 0.05) is 6.42 Å². The third-order valence-corrected chi connectivity index (χ3v) is 2.22. The molecule has 0 saturated carbocycles. The highest BCUT2D eigenvalue weighted by atomic mass is 19.1. The van der Waals surface area contributed by atoms with Crippen LogP contribution in [0.15, 0.2) is 18.2 Å². The van der Waals surface area contributed by atoms with Crippen molar-refractivity contribution in [2.24, 2.45) is 0 Å². The second-order valence-corrected chi connectivity index (χ2v) is 3.54. The number of alkyl halides is 1. The molecule has 1 aromatic carbocycles. The molecule has 0 aromatic heterocycles. The molecule has 0 bridgehead atoms. The minimum Gasteiger partial charge on any atom is -0.296 e. The van der Waals surface area contributed by atoms with E-state index in [1.807, 2.05) is 0 Å². The predicted molar refractivity (Wildman–Crippen MR) is 55.5 cm³/mol. The van der Waals surface area contributed by atoms with E-state index in [9.17, 15) is 22.8 Å². The van der Waals surface area contributed by atoms with Crippen molar-refractivity contribution in [2.45, 2.75) is 25.9 Å². The number of hydrogen-bond acceptors (Lipinski definition) is 2. The number of carbonyl (C=O) groups is 2. The van der Waals surface area contributed by atoms with E-state index in [-0.39, 0.29) is 6.42 Å². The maximum atomic E-state index is 13.4. The molecule has 0 saturated heterocycles. The van der Waals surface area contributed by atoms with E-state index in [4.69, 9.17) is 0 Å². The van der Waals surface area contributed by atoms with Gasteiger partial charge < -0.3 is 0 Å². The predicted octanol–water partition coefficient (Wildman–Crippen LogP) is 2.85. The van der Waals surface area contributed by atoms with Gasteiger partial charge in [-0.15, -0.1) is 0 Å². The zero-order valence-corrected chi connectivity index (χ0v) is 9.17. The van der Waals surface area contributed by atoms with E-state index in [0.717, 1.165) is 18.2 Å². The van der Waals surface area contributed by atoms with E-state index in [0.29, 0.717) is 6.42 Å². The lowest BCUT2D eigenvalue weighted by molar-refractivity contribution is -0.122. The molecular formula is C12H11F3O2. The summed E-state index contributed by atoms with van der Waals surface area (Å²) < 4.78 is 39.7. The fourth-order valence-electron chi connectivity index (χ4n) is 1.38. The Bertz CT molecular complexity index is 423. The highest BCUT2D eigenvalue weighted by Crippen LogP contribution is 2.16. The van der Waals surface area contributed by atoms with Crippen molar-refractivity contribution >= 4 is 11.6 Å². The Labute approximate surface area is 96.4 Å². The number of rotatable bonds is 5. The maximum Gasteiger partial charge on any atom is 0.221 e. The van der Waals surface area contributed by atoms with Crippen LogP contribution in [0.2, 0.25) is 0 Å². The van der Waals surface area contributed by atoms with Crippen LogP contribution in [0.25, 0.3) is 0 Å². The molecule has 17 heavy (non-hydrogen) atoms. The molecule has 0 amide bonds. The first-order valence-electron chi connectivity index (χ1n) is 5.14. The summed E-state index contributed by atoms with van der Waals surface area (Å²) in [5.41, 5.74) is -0.996. The molecule has 2 nitrogen and oxygen atoms in total. The number of Topliss-reactive ketones (excluding diaryl/α,β-unsaturated/α-hetero) is 2. The van der Waals surface area contributed by atoms with E-state index in [2.05, 4.69) is 0 Å². The molecule has 92 valence electrons. The van der Waals surface area contributed by atoms with Gasteiger partial charge in [-0.3, -0.25) is 9.59 Å². The molecule has 1 atom stereocenters. The van der Waals surface area contributed by atoms with E-state index in [1.165, 1.54) is 0 Å². The minimum absolute atomic E-state index is 0.136. The summed E-state index contributed by atoms with van der Waals surface area (Å²) in [4.78, 5) is 22.6. The van der Waals surface area contributed by atoms with Gasteiger partial charge in [0.2, 0.25) is 12.0 Å². The SMILES string of the molecule is CCCC(=O)C(F)C(=O)c1c(F)cccc1F. The third kappa shape index (κ3) is 2.93. The molecule has 0 fully saturated rings. The number of carbonyl (C=O) groups excluding carboxylic acids is 2. The van der Waals surface area contributed by atoms with Crippen molar-refractivity contribution in [2.75, 3.05) is 0 Å². The van der Waals surface area contributed by atoms with Gasteiger partial charge in [0.15, 0.2) is 5.78 Å². The van der Waals surface area contributed by atoms with Gasteiger partial charge in [0.1, 0.15) is 11.6 Å². The van der Waals surface area contributed by atoms with Gasteiger partial charge >= 0.3 is 0 Å². The molecular weight excluding hydrogens is 233 g/mol. The number of halogens is 3. The summed E-state index contributed by atoms with van der Waals surface area (Å²) >= 11 is 0. The molecule has 1 unspecified atom stereocenters. The van der Waals surface area contributed by atoms with Gasteiger partial charge in [0.05, 0.1) is 5.56 Å². The summed E-state index contributed by atoms with van der Waals surface area (Å²) in [6, 6.07) is 2.74. The highest BCUT2D eigenvalue weighted by molar-refractivity contribution is 6.13. The van der Waals surface area contributed by atoms with Crippen molar-refractivity contribution in [3.05, 3.63) is 35.4 Å². The zero-order valence-electron chi connectivity index (χ0n) is 9.17. The minimum atomic E-state index is -2.50. The van der Waals surface area contributed by atoms with Crippen LogP contribution >= 0.6 is 0 Å². The monoisotopic (exact) mass is 244 g/mol. The van der Waals surface area contributed by atoms with E-state index >= 15 is 0 Å². The first-order valence-corrected chi connectivity index (χ1v) is 5.14. The molecule has 1 aromatic rings. The molecule has 0 heterocycles. The summed E-state index contributed by atoms with van der Waals surface area (Å²) in [5, 5.41) is 0. The van der Waals surface area contributed by atoms with E-state index in [1.54, 1.807) is 6.92 Å². The summed E-state index contributed by atoms with van der Waals surface area (Å²) in [7, 11) is 0. The smallest absolute Gasteiger partial charge is 0.221 e. The highest BCUT2D eigenvalue weighted by Gasteiger charge is 2.30. The van der Waals surface area contributed by atoms with Gasteiger partial charge in [0.25, 0.3) is 0 Å². The fourth-order valence-corrected chi connectivity index (χ4v) is 1.38. The van der Waals surface area contributed by atoms with Crippen molar-refractivity contribution in [3.63, 3.8) is 0 Å². The first-order chi connectivity index (χ1) is 7.99. The molecule has 0 aliphatic heterocycles. The lowest BCUT2D eigenvalue weighted by atomic mass is 10.0. The van der Waals surface area contributed by atoms with Crippen molar-refractivity contribution < 1.29 is 22.8 Å². The zero-order chi connectivity index (χ0) is 13.0. The lowest BCUT2D eigenvalue weighted by Crippen LogP contribution is -2.27. The van der Waals surface area contributed by atoms with Crippen LogP contribution in [0.4, 0.5) is 13.2 Å². The van der Waals surface area contributed by atoms with Crippen LogP contribution in [0.5, 0.6) is 0 Å². The largest absolute Gasteiger partial charge is 0.296 e. The van der Waals surface area contributed by atoms with Crippen LogP contribution in [0.3, 0.4) is 0 Å². The summed E-state index contributed by atoms with van der Waals surface area (Å²) in [6.07, 6.45) is -2.27. The molecule has 0 spiro atoms. The first kappa shape index (κ1) is 13.4. The summed E-state index contributed by atoms with van der Waals surface area (Å²) in [5.74, 6) is -4.75. The summed E-state index contributed by atoms with van der Waals surface area (Å²) in [6.45, 7) is 1.64. The topological polar surface area (TPSA) is 34.1 Å². The Morgan fingerprint density at radius 2 is 1.76 bits per heavy atom. The standard InChI is InChI=1S/C12H11F3O2/c1-2-4-9(16)11(15)12(17)10-7(13)5-3-6-8(10)14/h3,5-6,11H,2,4H2,1H3. The molecule has 5 heteroatoms. The van der Waals surface area contributed by atoms with Gasteiger partial charge in [-0.1, -0.05) is 13.0 Å². The molecule has 0 aliphatic carbocycles. The fraction of sp³-hybridized carbons (Fsp3) is 0.333. The lowest BCUT2D eigenvalue weighted by Gasteiger charge is -2.07. The van der Waals surface area contributed by atoms with Crippen LogP contribution in [0.1, 0.15) is 30.1 Å². The number of hydrogen-bond donors (Lipinski definition) is 0. The quantitative estimate of drug-likeness (QED) is 0.589. The van der Waals surface area contributed by atoms with Crippen LogP contribution in [-0.2, 0) is 4.79 Å². The molecule has 0 aliphatic rings. The second-order valence-electron chi connectivity index (χ2n) is 3.54. The van der Waals surface area contributed by atoms with Gasteiger partial charge in [-0.2, -0.15) is 0 Å². The van der Waals surface area contributed by atoms with Crippen LogP contribution < -0.4 is 0 Å². The van der Waals surface area contributed by atoms with Gasteiger partial charge in [-0.25, -0.2) is 13.2 Å². The maximum absolute atomic E-state index is 13.4. The van der Waals surface area contributed by atoms with Crippen LogP contribution in [0, 0.1) is 11.6 Å². The third-order valence-electron chi connectivity index (χ3n) is 2.22. The number of benzene rings is 1. The average Bonchev–Trinajstić information content (AvgIpc) is 2.27. The van der Waals surface area contributed by atoms with Crippen molar-refractivity contribution in [1.82, 2.24) is 0 Å². The molecule has 1 rings (SSSR count). The number of ketones is 2. The normalized spacial score (nSPS) is 12.2. The average molecular weight is 244 g/mol. The van der Waals surface area contributed by atoms with Crippen molar-refractivity contribution in [3.8, 4) is 0 Å². The van der Waals surface area contributed by atoms with E-state index < -0.39 is 34.9 Å². The Morgan fingerprint density at radius 1 is 1.24 bits per heavy atom. The van der Waals surface area contributed by atoms with Crippen molar-refractivity contribution in [1.29, 1.82) is 0 Å². The van der Waals surface area contributed by atoms with Crippen LogP contribution in [-0.4, -0.2) is 17.7 Å². The second kappa shape index (κ2) is 5.61. The van der Waals surface area contributed by atoms with Gasteiger partial charge in [-0.05, 0) is 18.6 Å². The molecule has 0 radical (unpaired) electrons. The Balaban J connectivity index is 3.01. The Kier molecular flexibility index (Phi) is 4.43. The Hall–Kier alpha value is -1.65. The Morgan fingerprint density at radius 3 is 2.24 bits per heavy atom.